The molecule has 1 amide bonds. The number of hydrogen-bond acceptors (Lipinski definition) is 5. The van der Waals surface area contributed by atoms with E-state index in [2.05, 4.69) is 46.0 Å². The minimum atomic E-state index is -0.310. The molecule has 156 valence electrons. The van der Waals surface area contributed by atoms with Crippen molar-refractivity contribution in [1.82, 2.24) is 20.9 Å². The summed E-state index contributed by atoms with van der Waals surface area (Å²) in [5.74, 6) is -0.310. The van der Waals surface area contributed by atoms with Gasteiger partial charge in [0.05, 0.1) is 6.04 Å². The second kappa shape index (κ2) is 11.0. The maximum Gasteiger partial charge on any atom is 0.263 e. The summed E-state index contributed by atoms with van der Waals surface area (Å²) in [5, 5.41) is 18.9. The lowest BCUT2D eigenvalue weighted by atomic mass is 9.89. The topological polar surface area (TPSA) is 80.2 Å². The van der Waals surface area contributed by atoms with Crippen LogP contribution < -0.4 is 16.0 Å². The lowest BCUT2D eigenvalue weighted by Gasteiger charge is -2.27. The van der Waals surface area contributed by atoms with E-state index in [0.717, 1.165) is 45.6 Å². The molecule has 0 saturated carbocycles. The zero-order valence-electron chi connectivity index (χ0n) is 17.5. The number of rotatable bonds is 8. The van der Waals surface area contributed by atoms with Crippen LogP contribution in [0.25, 0.3) is 0 Å². The summed E-state index contributed by atoms with van der Waals surface area (Å²) in [4.78, 5) is 14.7. The number of nitrogens with zero attached hydrogens (tertiary/aromatic N) is 2. The normalized spacial score (nSPS) is 18.4. The van der Waals surface area contributed by atoms with E-state index in [-0.39, 0.29) is 17.5 Å². The van der Waals surface area contributed by atoms with Crippen molar-refractivity contribution in [3.05, 3.63) is 46.7 Å². The molecule has 0 radical (unpaired) electrons. The summed E-state index contributed by atoms with van der Waals surface area (Å²) < 4.78 is 0. The first kappa shape index (κ1) is 21.4. The Morgan fingerprint density at radius 3 is 2.76 bits per heavy atom. The molecule has 0 bridgehead atoms. The van der Waals surface area contributed by atoms with Crippen LogP contribution in [-0.2, 0) is 17.6 Å². The molecule has 1 atom stereocenters. The number of aryl methyl sites for hydroxylation is 2. The van der Waals surface area contributed by atoms with E-state index < -0.39 is 0 Å². The van der Waals surface area contributed by atoms with Crippen LogP contribution >= 0.6 is 0 Å². The lowest BCUT2D eigenvalue weighted by Crippen LogP contribution is -2.46. The summed E-state index contributed by atoms with van der Waals surface area (Å²) in [5.41, 5.74) is 4.26. The summed E-state index contributed by atoms with van der Waals surface area (Å²) in [6, 6.07) is 8.85. The molecule has 6 heteroatoms. The summed E-state index contributed by atoms with van der Waals surface area (Å²) >= 11 is 0. The standard InChI is InChI=1S/C23H33N5O/c1-2-22(20-8-7-18-5-3-4-6-19(18)15-20)27-17-21(16-24)23(29)26-11-14-28-12-9-25-10-13-28/h7-8,15,17,22,25,27H,2-6,9-14H2,1H3,(H,26,29)/b21-17-. The van der Waals surface area contributed by atoms with E-state index in [4.69, 9.17) is 0 Å². The fraction of sp³-hybridized carbons (Fsp3) is 0.565. The van der Waals surface area contributed by atoms with Gasteiger partial charge in [-0.15, -0.1) is 0 Å². The lowest BCUT2D eigenvalue weighted by molar-refractivity contribution is -0.117. The van der Waals surface area contributed by atoms with Crippen LogP contribution in [-0.4, -0.2) is 50.1 Å². The van der Waals surface area contributed by atoms with E-state index in [0.29, 0.717) is 6.54 Å². The zero-order chi connectivity index (χ0) is 20.5. The molecule has 6 nitrogen and oxygen atoms in total. The van der Waals surface area contributed by atoms with Gasteiger partial charge in [0.15, 0.2) is 0 Å². The van der Waals surface area contributed by atoms with Crippen LogP contribution in [0.1, 0.15) is 48.9 Å². The van der Waals surface area contributed by atoms with Crippen molar-refractivity contribution in [3.63, 3.8) is 0 Å². The highest BCUT2D eigenvalue weighted by Crippen LogP contribution is 2.26. The second-order valence-electron chi connectivity index (χ2n) is 7.88. The average molecular weight is 396 g/mol. The third kappa shape index (κ3) is 6.06. The molecule has 2 aliphatic rings. The first-order valence-corrected chi connectivity index (χ1v) is 10.9. The van der Waals surface area contributed by atoms with Crippen molar-refractivity contribution < 1.29 is 4.79 Å². The summed E-state index contributed by atoms with van der Waals surface area (Å²) in [6.07, 6.45) is 7.32. The van der Waals surface area contributed by atoms with Gasteiger partial charge in [-0.05, 0) is 48.8 Å². The monoisotopic (exact) mass is 395 g/mol. The van der Waals surface area contributed by atoms with E-state index in [1.807, 2.05) is 6.07 Å². The third-order valence-corrected chi connectivity index (χ3v) is 5.90. The van der Waals surface area contributed by atoms with Gasteiger partial charge in [-0.2, -0.15) is 5.26 Å². The molecule has 1 fully saturated rings. The van der Waals surface area contributed by atoms with Gasteiger partial charge in [0.1, 0.15) is 11.6 Å². The van der Waals surface area contributed by atoms with Gasteiger partial charge < -0.3 is 16.0 Å². The quantitative estimate of drug-likeness (QED) is 0.464. The number of carbonyl (C=O) groups excluding carboxylic acids is 1. The third-order valence-electron chi connectivity index (χ3n) is 5.90. The molecule has 1 aromatic rings. The smallest absolute Gasteiger partial charge is 0.263 e. The Balaban J connectivity index is 1.54. The van der Waals surface area contributed by atoms with Gasteiger partial charge in [-0.3, -0.25) is 9.69 Å². The van der Waals surface area contributed by atoms with Crippen molar-refractivity contribution in [2.45, 2.75) is 45.1 Å². The Labute approximate surface area is 174 Å². The highest BCUT2D eigenvalue weighted by molar-refractivity contribution is 5.97. The number of nitriles is 1. The number of amides is 1. The van der Waals surface area contributed by atoms with E-state index in [1.54, 1.807) is 6.20 Å². The number of carbonyl (C=O) groups is 1. The Morgan fingerprint density at radius 2 is 2.03 bits per heavy atom. The number of hydrogen-bond donors (Lipinski definition) is 3. The number of fused-ring (bicyclic) bond motifs is 1. The maximum atomic E-state index is 12.4. The van der Waals surface area contributed by atoms with Crippen molar-refractivity contribution >= 4 is 5.91 Å². The van der Waals surface area contributed by atoms with Crippen molar-refractivity contribution in [1.29, 1.82) is 5.26 Å². The number of nitrogens with one attached hydrogen (secondary N) is 3. The minimum Gasteiger partial charge on any atom is -0.383 e. The molecule has 0 aromatic heterocycles. The maximum absolute atomic E-state index is 12.4. The zero-order valence-corrected chi connectivity index (χ0v) is 17.5. The summed E-state index contributed by atoms with van der Waals surface area (Å²) in [7, 11) is 0. The molecule has 1 aliphatic carbocycles. The predicted molar refractivity (Wildman–Crippen MR) is 115 cm³/mol. The minimum absolute atomic E-state index is 0.0965. The van der Waals surface area contributed by atoms with Gasteiger partial charge in [0.2, 0.25) is 0 Å². The molecule has 1 unspecified atom stereocenters. The fourth-order valence-electron chi connectivity index (χ4n) is 4.11. The van der Waals surface area contributed by atoms with Crippen molar-refractivity contribution in [2.75, 3.05) is 39.3 Å². The number of benzene rings is 1. The van der Waals surface area contributed by atoms with Crippen LogP contribution in [0.4, 0.5) is 0 Å². The molecule has 1 aromatic carbocycles. The summed E-state index contributed by atoms with van der Waals surface area (Å²) in [6.45, 7) is 7.45. The second-order valence-corrected chi connectivity index (χ2v) is 7.88. The average Bonchev–Trinajstić information content (AvgIpc) is 2.77. The van der Waals surface area contributed by atoms with Gasteiger partial charge in [-0.1, -0.05) is 25.1 Å². The van der Waals surface area contributed by atoms with Gasteiger partial charge >= 0.3 is 0 Å². The van der Waals surface area contributed by atoms with Gasteiger partial charge in [-0.25, -0.2) is 0 Å². The van der Waals surface area contributed by atoms with Crippen LogP contribution in [0.2, 0.25) is 0 Å². The van der Waals surface area contributed by atoms with Crippen LogP contribution in [0.3, 0.4) is 0 Å². The molecular weight excluding hydrogens is 362 g/mol. The highest BCUT2D eigenvalue weighted by Gasteiger charge is 2.15. The predicted octanol–water partition coefficient (Wildman–Crippen LogP) is 2.03. The van der Waals surface area contributed by atoms with Crippen molar-refractivity contribution in [2.24, 2.45) is 0 Å². The molecule has 1 aliphatic heterocycles. The van der Waals surface area contributed by atoms with Crippen molar-refractivity contribution in [3.8, 4) is 6.07 Å². The molecule has 0 spiro atoms. The molecular formula is C23H33N5O. The fourth-order valence-corrected chi connectivity index (χ4v) is 4.11. The first-order chi connectivity index (χ1) is 14.2. The molecule has 1 heterocycles. The molecule has 3 N–H and O–H groups in total. The SMILES string of the molecule is CCC(N/C=C(/C#N)C(=O)NCCN1CCNCC1)c1ccc2c(c1)CCCC2. The van der Waals surface area contributed by atoms with E-state index in [1.165, 1.54) is 36.0 Å². The Kier molecular flexibility index (Phi) is 8.09. The highest BCUT2D eigenvalue weighted by atomic mass is 16.1. The van der Waals surface area contributed by atoms with Crippen LogP contribution in [0.15, 0.2) is 30.0 Å². The van der Waals surface area contributed by atoms with Gasteiger partial charge in [0, 0.05) is 45.5 Å². The number of piperazine rings is 1. The van der Waals surface area contributed by atoms with Crippen LogP contribution in [0, 0.1) is 11.3 Å². The van der Waals surface area contributed by atoms with Crippen LogP contribution in [0.5, 0.6) is 0 Å². The molecule has 29 heavy (non-hydrogen) atoms. The largest absolute Gasteiger partial charge is 0.383 e. The molecule has 1 saturated heterocycles. The van der Waals surface area contributed by atoms with Gasteiger partial charge in [0.25, 0.3) is 5.91 Å². The Morgan fingerprint density at radius 1 is 1.28 bits per heavy atom. The Bertz CT molecular complexity index is 761. The Hall–Kier alpha value is -2.36. The van der Waals surface area contributed by atoms with E-state index in [9.17, 15) is 10.1 Å². The van der Waals surface area contributed by atoms with E-state index >= 15 is 0 Å². The first-order valence-electron chi connectivity index (χ1n) is 10.9. The molecule has 3 rings (SSSR count).